The molecule has 1 aromatic carbocycles. The molecule has 0 bridgehead atoms. The van der Waals surface area contributed by atoms with Crippen molar-refractivity contribution in [3.05, 3.63) is 23.8 Å². The Morgan fingerprint density at radius 2 is 1.82 bits per heavy atom. The molecule has 1 aromatic rings. The molecular formula is C10H9NO6. The van der Waals surface area contributed by atoms with Gasteiger partial charge in [0.1, 0.15) is 12.2 Å². The number of hydrogen-bond donors (Lipinski definition) is 4. The summed E-state index contributed by atoms with van der Waals surface area (Å²) >= 11 is 0. The molecule has 0 atom stereocenters. The minimum absolute atomic E-state index is 0.0680. The van der Waals surface area contributed by atoms with E-state index in [0.717, 1.165) is 6.07 Å². The van der Waals surface area contributed by atoms with Crippen molar-refractivity contribution in [3.8, 4) is 5.75 Å². The number of anilines is 1. The van der Waals surface area contributed by atoms with Crippen molar-refractivity contribution in [2.45, 2.75) is 6.42 Å². The lowest BCUT2D eigenvalue weighted by molar-refractivity contribution is -0.139. The molecule has 17 heavy (non-hydrogen) atoms. The summed E-state index contributed by atoms with van der Waals surface area (Å²) in [5.74, 6) is -3.77. The summed E-state index contributed by atoms with van der Waals surface area (Å²) in [7, 11) is 0. The largest absolute Gasteiger partial charge is 0.508 e. The highest BCUT2D eigenvalue weighted by molar-refractivity contribution is 6.05. The highest BCUT2D eigenvalue weighted by atomic mass is 16.4. The molecular weight excluding hydrogens is 230 g/mol. The molecule has 0 unspecified atom stereocenters. The molecule has 0 radical (unpaired) electrons. The number of phenols is 1. The van der Waals surface area contributed by atoms with Gasteiger partial charge in [-0.15, -0.1) is 0 Å². The van der Waals surface area contributed by atoms with Crippen LogP contribution >= 0.6 is 0 Å². The maximum Gasteiger partial charge on any atom is 0.337 e. The van der Waals surface area contributed by atoms with Gasteiger partial charge in [-0.1, -0.05) is 0 Å². The fraction of sp³-hybridized carbons (Fsp3) is 0.100. The summed E-state index contributed by atoms with van der Waals surface area (Å²) in [6.45, 7) is 0. The number of carboxylic acids is 2. The van der Waals surface area contributed by atoms with E-state index in [1.54, 1.807) is 0 Å². The number of hydrogen-bond acceptors (Lipinski definition) is 4. The van der Waals surface area contributed by atoms with Gasteiger partial charge >= 0.3 is 11.9 Å². The average molecular weight is 239 g/mol. The second kappa shape index (κ2) is 4.97. The number of benzene rings is 1. The van der Waals surface area contributed by atoms with Crippen LogP contribution in [-0.4, -0.2) is 33.2 Å². The Hall–Kier alpha value is -2.57. The first-order chi connectivity index (χ1) is 7.90. The number of amides is 1. The minimum atomic E-state index is -1.34. The van der Waals surface area contributed by atoms with E-state index in [1.807, 2.05) is 0 Å². The topological polar surface area (TPSA) is 124 Å². The number of aromatic hydroxyl groups is 1. The molecule has 90 valence electrons. The summed E-state index contributed by atoms with van der Waals surface area (Å²) in [5.41, 5.74) is -0.384. The van der Waals surface area contributed by atoms with E-state index in [2.05, 4.69) is 5.32 Å². The molecule has 0 aliphatic heterocycles. The van der Waals surface area contributed by atoms with E-state index in [1.165, 1.54) is 12.1 Å². The number of nitrogens with one attached hydrogen (secondary N) is 1. The average Bonchev–Trinajstić information content (AvgIpc) is 2.19. The third-order valence-electron chi connectivity index (χ3n) is 1.82. The monoisotopic (exact) mass is 239 g/mol. The minimum Gasteiger partial charge on any atom is -0.508 e. The molecule has 4 N–H and O–H groups in total. The maximum atomic E-state index is 11.1. The van der Waals surface area contributed by atoms with Gasteiger partial charge in [0.15, 0.2) is 0 Å². The molecule has 0 saturated carbocycles. The van der Waals surface area contributed by atoms with E-state index < -0.39 is 24.3 Å². The smallest absolute Gasteiger partial charge is 0.337 e. The summed E-state index contributed by atoms with van der Waals surface area (Å²) in [6.07, 6.45) is -0.764. The Bertz CT molecular complexity index is 482. The number of phenolic OH excluding ortho intramolecular Hbond substituents is 1. The van der Waals surface area contributed by atoms with Crippen molar-refractivity contribution in [3.63, 3.8) is 0 Å². The van der Waals surface area contributed by atoms with Crippen molar-refractivity contribution >= 4 is 23.5 Å². The van der Waals surface area contributed by atoms with Crippen LogP contribution in [0.3, 0.4) is 0 Å². The van der Waals surface area contributed by atoms with Gasteiger partial charge in [0, 0.05) is 0 Å². The second-order valence-corrected chi connectivity index (χ2v) is 3.15. The van der Waals surface area contributed by atoms with Crippen molar-refractivity contribution in [1.82, 2.24) is 0 Å². The number of aliphatic carboxylic acids is 1. The van der Waals surface area contributed by atoms with Crippen molar-refractivity contribution in [2.75, 3.05) is 5.32 Å². The number of aromatic carboxylic acids is 1. The zero-order chi connectivity index (χ0) is 13.0. The van der Waals surface area contributed by atoms with Crippen LogP contribution in [0.1, 0.15) is 16.8 Å². The molecule has 1 rings (SSSR count). The lowest BCUT2D eigenvalue weighted by Gasteiger charge is -2.07. The van der Waals surface area contributed by atoms with Crippen LogP contribution in [0.15, 0.2) is 18.2 Å². The molecule has 0 aromatic heterocycles. The van der Waals surface area contributed by atoms with Crippen LogP contribution in [0.5, 0.6) is 5.75 Å². The van der Waals surface area contributed by atoms with E-state index in [9.17, 15) is 14.4 Å². The predicted molar refractivity (Wildman–Crippen MR) is 55.9 cm³/mol. The van der Waals surface area contributed by atoms with Gasteiger partial charge in [0.2, 0.25) is 5.91 Å². The first-order valence-electron chi connectivity index (χ1n) is 4.48. The third kappa shape index (κ3) is 3.49. The SMILES string of the molecule is O=C(O)CC(=O)Nc1ccc(O)cc1C(=O)O. The van der Waals surface area contributed by atoms with Crippen LogP contribution in [0.2, 0.25) is 0 Å². The van der Waals surface area contributed by atoms with Gasteiger partial charge in [0.05, 0.1) is 11.3 Å². The van der Waals surface area contributed by atoms with Crippen molar-refractivity contribution in [1.29, 1.82) is 0 Å². The molecule has 0 spiro atoms. The van der Waals surface area contributed by atoms with E-state index >= 15 is 0 Å². The molecule has 0 aliphatic rings. The number of carbonyl (C=O) groups is 3. The van der Waals surface area contributed by atoms with Crippen LogP contribution in [0.25, 0.3) is 0 Å². The summed E-state index contributed by atoms with van der Waals surface area (Å²) in [4.78, 5) is 32.2. The molecule has 0 fully saturated rings. The molecule has 1 amide bonds. The lowest BCUT2D eigenvalue weighted by Crippen LogP contribution is -2.17. The molecule has 0 aliphatic carbocycles. The first kappa shape index (κ1) is 12.5. The van der Waals surface area contributed by atoms with Gasteiger partial charge in [-0.2, -0.15) is 0 Å². The number of carbonyl (C=O) groups excluding carboxylic acids is 1. The lowest BCUT2D eigenvalue weighted by atomic mass is 10.1. The highest BCUT2D eigenvalue weighted by Crippen LogP contribution is 2.21. The Balaban J connectivity index is 2.94. The van der Waals surface area contributed by atoms with Crippen LogP contribution in [0.4, 0.5) is 5.69 Å². The standard InChI is InChI=1S/C10H9NO6/c12-5-1-2-7(6(3-5)10(16)17)11-8(13)4-9(14)15/h1-3,12H,4H2,(H,11,13)(H,14,15)(H,16,17). The van der Waals surface area contributed by atoms with Gasteiger partial charge in [-0.3, -0.25) is 9.59 Å². The Morgan fingerprint density at radius 1 is 1.18 bits per heavy atom. The van der Waals surface area contributed by atoms with E-state index in [4.69, 9.17) is 15.3 Å². The molecule has 0 saturated heterocycles. The third-order valence-corrected chi connectivity index (χ3v) is 1.82. The number of rotatable bonds is 4. The quantitative estimate of drug-likeness (QED) is 0.448. The van der Waals surface area contributed by atoms with E-state index in [0.29, 0.717) is 0 Å². The zero-order valence-electron chi connectivity index (χ0n) is 8.51. The van der Waals surface area contributed by atoms with Crippen LogP contribution in [0, 0.1) is 0 Å². The molecule has 7 nitrogen and oxygen atoms in total. The summed E-state index contributed by atoms with van der Waals surface area (Å²) in [6, 6.07) is 3.32. The summed E-state index contributed by atoms with van der Waals surface area (Å²) < 4.78 is 0. The van der Waals surface area contributed by atoms with Crippen molar-refractivity contribution < 1.29 is 29.7 Å². The van der Waals surface area contributed by atoms with Gasteiger partial charge < -0.3 is 20.6 Å². The molecule has 7 heteroatoms. The maximum absolute atomic E-state index is 11.1. The first-order valence-corrected chi connectivity index (χ1v) is 4.48. The fourth-order valence-electron chi connectivity index (χ4n) is 1.15. The zero-order valence-corrected chi connectivity index (χ0v) is 8.51. The van der Waals surface area contributed by atoms with E-state index in [-0.39, 0.29) is 17.0 Å². The van der Waals surface area contributed by atoms with Crippen LogP contribution in [-0.2, 0) is 9.59 Å². The fourth-order valence-corrected chi connectivity index (χ4v) is 1.15. The normalized spacial score (nSPS) is 9.65. The highest BCUT2D eigenvalue weighted by Gasteiger charge is 2.14. The second-order valence-electron chi connectivity index (χ2n) is 3.15. The predicted octanol–water partition coefficient (Wildman–Crippen LogP) is 0.504. The number of carboxylic acid groups (broad SMARTS) is 2. The van der Waals surface area contributed by atoms with Gasteiger partial charge in [-0.25, -0.2) is 4.79 Å². The Morgan fingerprint density at radius 3 is 2.35 bits per heavy atom. The Labute approximate surface area is 95.3 Å². The Kier molecular flexibility index (Phi) is 3.66. The summed E-state index contributed by atoms with van der Waals surface area (Å²) in [5, 5.41) is 28.4. The van der Waals surface area contributed by atoms with Crippen molar-refractivity contribution in [2.24, 2.45) is 0 Å². The van der Waals surface area contributed by atoms with Gasteiger partial charge in [0.25, 0.3) is 0 Å². The van der Waals surface area contributed by atoms with Crippen LogP contribution < -0.4 is 5.32 Å². The molecule has 0 heterocycles. The van der Waals surface area contributed by atoms with Gasteiger partial charge in [-0.05, 0) is 18.2 Å².